The summed E-state index contributed by atoms with van der Waals surface area (Å²) in [6.45, 7) is 1.52. The molecule has 0 aromatic heterocycles. The van der Waals surface area contributed by atoms with Gasteiger partial charge < -0.3 is 15.4 Å². The van der Waals surface area contributed by atoms with Gasteiger partial charge in [0, 0.05) is 15.8 Å². The standard InChI is InChI=1S/C22H19BrN2O3/c1-15-13-16(23)11-12-19(15)25-21(26)14-28-22(27)18-9-5-6-10-20(18)24-17-7-3-2-4-8-17/h2-13,24H,14H2,1H3,(H,25,26). The number of aryl methyl sites for hydroxylation is 1. The summed E-state index contributed by atoms with van der Waals surface area (Å²) in [5.74, 6) is -0.964. The highest BCUT2D eigenvalue weighted by Gasteiger charge is 2.15. The monoisotopic (exact) mass is 438 g/mol. The molecule has 0 spiro atoms. The summed E-state index contributed by atoms with van der Waals surface area (Å²) < 4.78 is 6.13. The molecule has 2 N–H and O–H groups in total. The maximum absolute atomic E-state index is 12.5. The average molecular weight is 439 g/mol. The summed E-state index contributed by atoms with van der Waals surface area (Å²) in [6, 6.07) is 22.0. The molecule has 3 aromatic carbocycles. The SMILES string of the molecule is Cc1cc(Br)ccc1NC(=O)COC(=O)c1ccccc1Nc1ccccc1. The summed E-state index contributed by atoms with van der Waals surface area (Å²) in [5, 5.41) is 5.93. The minimum Gasteiger partial charge on any atom is -0.452 e. The number of benzene rings is 3. The molecule has 3 rings (SSSR count). The molecule has 0 bridgehead atoms. The van der Waals surface area contributed by atoms with Crippen LogP contribution < -0.4 is 10.6 Å². The van der Waals surface area contributed by atoms with Crippen LogP contribution in [-0.2, 0) is 9.53 Å². The molecule has 0 radical (unpaired) electrons. The highest BCUT2D eigenvalue weighted by molar-refractivity contribution is 9.10. The molecule has 0 aliphatic carbocycles. The molecule has 3 aromatic rings. The van der Waals surface area contributed by atoms with Gasteiger partial charge in [0.05, 0.1) is 11.3 Å². The first-order valence-corrected chi connectivity index (χ1v) is 9.46. The molecule has 5 nitrogen and oxygen atoms in total. The van der Waals surface area contributed by atoms with Crippen molar-refractivity contribution in [3.05, 3.63) is 88.4 Å². The fourth-order valence-electron chi connectivity index (χ4n) is 2.61. The van der Waals surface area contributed by atoms with Gasteiger partial charge in [0.15, 0.2) is 6.61 Å². The van der Waals surface area contributed by atoms with E-state index in [0.717, 1.165) is 15.7 Å². The molecule has 0 saturated carbocycles. The van der Waals surface area contributed by atoms with Gasteiger partial charge in [-0.2, -0.15) is 0 Å². The Labute approximate surface area is 171 Å². The van der Waals surface area contributed by atoms with E-state index in [1.54, 1.807) is 24.3 Å². The first kappa shape index (κ1) is 19.6. The topological polar surface area (TPSA) is 67.4 Å². The molecule has 0 fully saturated rings. The fourth-order valence-corrected chi connectivity index (χ4v) is 3.09. The quantitative estimate of drug-likeness (QED) is 0.512. The zero-order valence-electron chi connectivity index (χ0n) is 15.2. The van der Waals surface area contributed by atoms with E-state index in [1.165, 1.54) is 0 Å². The minimum absolute atomic E-state index is 0.360. The highest BCUT2D eigenvalue weighted by Crippen LogP contribution is 2.22. The molecule has 0 atom stereocenters. The lowest BCUT2D eigenvalue weighted by Crippen LogP contribution is -2.21. The van der Waals surface area contributed by atoms with Gasteiger partial charge in [0.1, 0.15) is 0 Å². The van der Waals surface area contributed by atoms with Crippen molar-refractivity contribution in [3.63, 3.8) is 0 Å². The van der Waals surface area contributed by atoms with Crippen molar-refractivity contribution >= 4 is 44.9 Å². The van der Waals surface area contributed by atoms with Crippen molar-refractivity contribution in [1.82, 2.24) is 0 Å². The molecular formula is C22H19BrN2O3. The Kier molecular flexibility index (Phi) is 6.45. The van der Waals surface area contributed by atoms with E-state index in [-0.39, 0.29) is 6.61 Å². The number of esters is 1. The van der Waals surface area contributed by atoms with Crippen LogP contribution >= 0.6 is 15.9 Å². The number of halogens is 1. The molecule has 142 valence electrons. The smallest absolute Gasteiger partial charge is 0.340 e. The number of rotatable bonds is 6. The van der Waals surface area contributed by atoms with E-state index in [9.17, 15) is 9.59 Å². The highest BCUT2D eigenvalue weighted by atomic mass is 79.9. The van der Waals surface area contributed by atoms with E-state index < -0.39 is 11.9 Å². The van der Waals surface area contributed by atoms with Gasteiger partial charge in [0.25, 0.3) is 5.91 Å². The normalized spacial score (nSPS) is 10.2. The Morgan fingerprint density at radius 1 is 0.929 bits per heavy atom. The molecule has 1 amide bonds. The summed E-state index contributed by atoms with van der Waals surface area (Å²) in [5.41, 5.74) is 3.41. The van der Waals surface area contributed by atoms with Crippen LogP contribution in [0.4, 0.5) is 17.1 Å². The first-order chi connectivity index (χ1) is 13.5. The Morgan fingerprint density at radius 3 is 2.39 bits per heavy atom. The first-order valence-electron chi connectivity index (χ1n) is 8.67. The van der Waals surface area contributed by atoms with Gasteiger partial charge in [-0.15, -0.1) is 0 Å². The summed E-state index contributed by atoms with van der Waals surface area (Å²) in [6.07, 6.45) is 0. The molecule has 0 aliphatic rings. The number of nitrogens with one attached hydrogen (secondary N) is 2. The minimum atomic E-state index is -0.568. The number of hydrogen-bond acceptors (Lipinski definition) is 4. The maximum atomic E-state index is 12.5. The zero-order chi connectivity index (χ0) is 19.9. The van der Waals surface area contributed by atoms with Crippen molar-refractivity contribution in [3.8, 4) is 0 Å². The third-order valence-corrected chi connectivity index (χ3v) is 4.49. The number of para-hydroxylation sites is 2. The second-order valence-electron chi connectivity index (χ2n) is 6.12. The molecule has 0 aliphatic heterocycles. The summed E-state index contributed by atoms with van der Waals surface area (Å²) in [7, 11) is 0. The van der Waals surface area contributed by atoms with Gasteiger partial charge in [-0.3, -0.25) is 4.79 Å². The van der Waals surface area contributed by atoms with Crippen molar-refractivity contribution in [2.45, 2.75) is 6.92 Å². The van der Waals surface area contributed by atoms with Crippen LogP contribution in [0.1, 0.15) is 15.9 Å². The zero-order valence-corrected chi connectivity index (χ0v) is 16.8. The fraction of sp³-hybridized carbons (Fsp3) is 0.0909. The molecule has 6 heteroatoms. The third-order valence-electron chi connectivity index (χ3n) is 4.00. The maximum Gasteiger partial charge on any atom is 0.340 e. The van der Waals surface area contributed by atoms with Crippen LogP contribution in [0, 0.1) is 6.92 Å². The predicted octanol–water partition coefficient (Wildman–Crippen LogP) is 5.30. The molecule has 0 heterocycles. The number of carbonyl (C=O) groups is 2. The van der Waals surface area contributed by atoms with Crippen LogP contribution in [0.25, 0.3) is 0 Å². The van der Waals surface area contributed by atoms with E-state index >= 15 is 0 Å². The number of anilines is 3. The molecule has 28 heavy (non-hydrogen) atoms. The largest absolute Gasteiger partial charge is 0.452 e. The number of hydrogen-bond donors (Lipinski definition) is 2. The van der Waals surface area contributed by atoms with Crippen LogP contribution in [-0.4, -0.2) is 18.5 Å². The predicted molar refractivity (Wildman–Crippen MR) is 114 cm³/mol. The Bertz CT molecular complexity index is 990. The van der Waals surface area contributed by atoms with Gasteiger partial charge in [-0.1, -0.05) is 46.3 Å². The lowest BCUT2D eigenvalue weighted by molar-refractivity contribution is -0.119. The summed E-state index contributed by atoms with van der Waals surface area (Å²) >= 11 is 3.38. The van der Waals surface area contributed by atoms with Crippen molar-refractivity contribution in [2.24, 2.45) is 0 Å². The average Bonchev–Trinajstić information content (AvgIpc) is 2.69. The van der Waals surface area contributed by atoms with Gasteiger partial charge in [0.2, 0.25) is 0 Å². The molecule has 0 unspecified atom stereocenters. The van der Waals surface area contributed by atoms with E-state index in [4.69, 9.17) is 4.74 Å². The lowest BCUT2D eigenvalue weighted by Gasteiger charge is -2.12. The van der Waals surface area contributed by atoms with Crippen LogP contribution in [0.2, 0.25) is 0 Å². The third kappa shape index (κ3) is 5.20. The number of ether oxygens (including phenoxy) is 1. The number of amides is 1. The van der Waals surface area contributed by atoms with Crippen LogP contribution in [0.3, 0.4) is 0 Å². The van der Waals surface area contributed by atoms with Crippen LogP contribution in [0.15, 0.2) is 77.3 Å². The molecule has 0 saturated heterocycles. The second kappa shape index (κ2) is 9.19. The van der Waals surface area contributed by atoms with Crippen molar-refractivity contribution < 1.29 is 14.3 Å². The Hall–Kier alpha value is -3.12. The van der Waals surface area contributed by atoms with Crippen molar-refractivity contribution in [1.29, 1.82) is 0 Å². The Morgan fingerprint density at radius 2 is 1.64 bits per heavy atom. The van der Waals surface area contributed by atoms with E-state index in [2.05, 4.69) is 26.6 Å². The second-order valence-corrected chi connectivity index (χ2v) is 7.04. The summed E-state index contributed by atoms with van der Waals surface area (Å²) in [4.78, 5) is 24.6. The van der Waals surface area contributed by atoms with Gasteiger partial charge in [-0.05, 0) is 55.0 Å². The van der Waals surface area contributed by atoms with E-state index in [1.807, 2.05) is 55.5 Å². The molecular weight excluding hydrogens is 420 g/mol. The number of carbonyl (C=O) groups excluding carboxylic acids is 2. The van der Waals surface area contributed by atoms with Crippen molar-refractivity contribution in [2.75, 3.05) is 17.2 Å². The van der Waals surface area contributed by atoms with Gasteiger partial charge >= 0.3 is 5.97 Å². The Balaban J connectivity index is 1.62. The van der Waals surface area contributed by atoms with Crippen LogP contribution in [0.5, 0.6) is 0 Å². The van der Waals surface area contributed by atoms with E-state index in [0.29, 0.717) is 16.9 Å². The lowest BCUT2D eigenvalue weighted by atomic mass is 10.1. The van der Waals surface area contributed by atoms with Gasteiger partial charge in [-0.25, -0.2) is 4.79 Å².